The molecule has 1 aromatic carbocycles. The first kappa shape index (κ1) is 18.5. The van der Waals surface area contributed by atoms with Gasteiger partial charge in [0.25, 0.3) is 5.91 Å². The highest BCUT2D eigenvalue weighted by atomic mass is 35.5. The Bertz CT molecular complexity index is 766. The van der Waals surface area contributed by atoms with Gasteiger partial charge in [0.1, 0.15) is 6.04 Å². The molecule has 1 aliphatic heterocycles. The van der Waals surface area contributed by atoms with Crippen molar-refractivity contribution in [2.24, 2.45) is 0 Å². The van der Waals surface area contributed by atoms with Crippen molar-refractivity contribution in [3.8, 4) is 0 Å². The van der Waals surface area contributed by atoms with E-state index in [1.165, 1.54) is 6.42 Å². The summed E-state index contributed by atoms with van der Waals surface area (Å²) in [6.45, 7) is 3.89. The molecule has 1 fully saturated rings. The summed E-state index contributed by atoms with van der Waals surface area (Å²) >= 11 is 5.86. The van der Waals surface area contributed by atoms with Gasteiger partial charge in [-0.25, -0.2) is 0 Å². The van der Waals surface area contributed by atoms with Crippen molar-refractivity contribution in [2.45, 2.75) is 38.8 Å². The van der Waals surface area contributed by atoms with Gasteiger partial charge in [-0.3, -0.25) is 14.3 Å². The number of aromatic nitrogens is 2. The first-order chi connectivity index (χ1) is 12.5. The van der Waals surface area contributed by atoms with Gasteiger partial charge in [0.2, 0.25) is 5.91 Å². The Hall–Kier alpha value is -2.34. The van der Waals surface area contributed by atoms with E-state index in [0.717, 1.165) is 31.5 Å². The third-order valence-corrected chi connectivity index (χ3v) is 4.74. The number of carbonyl (C=O) groups excluding carboxylic acids is 2. The number of rotatable bonds is 5. The Labute approximate surface area is 158 Å². The number of amides is 2. The molecular weight excluding hydrogens is 352 g/mol. The molecule has 1 unspecified atom stereocenters. The maximum atomic E-state index is 12.4. The number of piperidine rings is 1. The molecule has 1 saturated heterocycles. The number of likely N-dealkylation sites (tertiary alicyclic amines) is 1. The molecule has 0 bridgehead atoms. The zero-order valence-corrected chi connectivity index (χ0v) is 15.6. The fourth-order valence-corrected chi connectivity index (χ4v) is 3.26. The number of halogens is 1. The highest BCUT2D eigenvalue weighted by Gasteiger charge is 2.23. The highest BCUT2D eigenvalue weighted by molar-refractivity contribution is 6.30. The van der Waals surface area contributed by atoms with E-state index in [1.807, 2.05) is 17.0 Å². The summed E-state index contributed by atoms with van der Waals surface area (Å²) < 4.78 is 1.73. The first-order valence-electron chi connectivity index (χ1n) is 8.89. The van der Waals surface area contributed by atoms with E-state index in [-0.39, 0.29) is 11.8 Å². The zero-order valence-electron chi connectivity index (χ0n) is 14.8. The van der Waals surface area contributed by atoms with Gasteiger partial charge in [-0.15, -0.1) is 0 Å². The molecule has 2 aromatic rings. The molecule has 1 N–H and O–H groups in total. The van der Waals surface area contributed by atoms with Crippen LogP contribution in [0.25, 0.3) is 0 Å². The highest BCUT2D eigenvalue weighted by Crippen LogP contribution is 2.12. The predicted molar refractivity (Wildman–Crippen MR) is 100 cm³/mol. The number of nitrogens with one attached hydrogen (secondary N) is 1. The largest absolute Gasteiger partial charge is 0.341 e. The summed E-state index contributed by atoms with van der Waals surface area (Å²) in [5.41, 5.74) is 1.55. The lowest BCUT2D eigenvalue weighted by atomic mass is 10.1. The van der Waals surface area contributed by atoms with Crippen LogP contribution in [0.4, 0.5) is 0 Å². The van der Waals surface area contributed by atoms with Crippen LogP contribution in [0.5, 0.6) is 0 Å². The van der Waals surface area contributed by atoms with Crippen molar-refractivity contribution < 1.29 is 9.59 Å². The van der Waals surface area contributed by atoms with Gasteiger partial charge in [-0.2, -0.15) is 5.10 Å². The van der Waals surface area contributed by atoms with E-state index in [2.05, 4.69) is 10.4 Å². The van der Waals surface area contributed by atoms with Crippen LogP contribution in [-0.4, -0.2) is 45.6 Å². The Balaban J connectivity index is 1.56. The van der Waals surface area contributed by atoms with Crippen LogP contribution in [-0.2, 0) is 11.3 Å². The van der Waals surface area contributed by atoms with Gasteiger partial charge in [0.05, 0.1) is 17.8 Å². The van der Waals surface area contributed by atoms with E-state index < -0.39 is 6.04 Å². The summed E-state index contributed by atoms with van der Waals surface area (Å²) in [5, 5.41) is 7.53. The molecule has 2 heterocycles. The molecule has 0 spiro atoms. The summed E-state index contributed by atoms with van der Waals surface area (Å²) in [4.78, 5) is 26.7. The predicted octanol–water partition coefficient (Wildman–Crippen LogP) is 2.72. The summed E-state index contributed by atoms with van der Waals surface area (Å²) in [6, 6.07) is 6.75. The number of carbonyl (C=O) groups is 2. The lowest BCUT2D eigenvalue weighted by molar-refractivity contribution is -0.133. The lowest BCUT2D eigenvalue weighted by Crippen LogP contribution is -2.48. The minimum Gasteiger partial charge on any atom is -0.341 e. The number of nitrogens with zero attached hydrogens (tertiary/aromatic N) is 3. The molecule has 138 valence electrons. The lowest BCUT2D eigenvalue weighted by Gasteiger charge is -2.29. The number of hydrogen-bond acceptors (Lipinski definition) is 3. The SMILES string of the molecule is CC(NC(=O)c1ccc(Cn2cc(Cl)cn2)cc1)C(=O)N1CCCCC1. The van der Waals surface area contributed by atoms with Crippen LogP contribution < -0.4 is 5.32 Å². The molecular formula is C19H23ClN4O2. The fraction of sp³-hybridized carbons (Fsp3) is 0.421. The van der Waals surface area contributed by atoms with Gasteiger partial charge >= 0.3 is 0 Å². The first-order valence-corrected chi connectivity index (χ1v) is 9.27. The van der Waals surface area contributed by atoms with Crippen LogP contribution in [0.3, 0.4) is 0 Å². The van der Waals surface area contributed by atoms with E-state index in [1.54, 1.807) is 36.1 Å². The smallest absolute Gasteiger partial charge is 0.251 e. The van der Waals surface area contributed by atoms with Crippen LogP contribution >= 0.6 is 11.6 Å². The summed E-state index contributed by atoms with van der Waals surface area (Å²) in [7, 11) is 0. The van der Waals surface area contributed by atoms with E-state index >= 15 is 0 Å². The third-order valence-electron chi connectivity index (χ3n) is 4.55. The zero-order chi connectivity index (χ0) is 18.5. The van der Waals surface area contributed by atoms with E-state index in [0.29, 0.717) is 17.1 Å². The second-order valence-electron chi connectivity index (χ2n) is 6.63. The Morgan fingerprint density at radius 2 is 1.88 bits per heavy atom. The molecule has 1 atom stereocenters. The second-order valence-corrected chi connectivity index (χ2v) is 7.07. The van der Waals surface area contributed by atoms with Gasteiger partial charge in [-0.05, 0) is 43.9 Å². The van der Waals surface area contributed by atoms with Crippen molar-refractivity contribution in [2.75, 3.05) is 13.1 Å². The minimum atomic E-state index is -0.522. The van der Waals surface area contributed by atoms with E-state index in [9.17, 15) is 9.59 Å². The fourth-order valence-electron chi connectivity index (χ4n) is 3.10. The quantitative estimate of drug-likeness (QED) is 0.875. The van der Waals surface area contributed by atoms with Crippen molar-refractivity contribution in [3.63, 3.8) is 0 Å². The Kier molecular flexibility index (Phi) is 5.93. The molecule has 7 heteroatoms. The van der Waals surface area contributed by atoms with Crippen molar-refractivity contribution in [1.29, 1.82) is 0 Å². The van der Waals surface area contributed by atoms with Crippen LogP contribution in [0.1, 0.15) is 42.1 Å². The molecule has 3 rings (SSSR count). The number of hydrogen-bond donors (Lipinski definition) is 1. The van der Waals surface area contributed by atoms with Crippen molar-refractivity contribution in [3.05, 3.63) is 52.8 Å². The van der Waals surface area contributed by atoms with Gasteiger partial charge in [0, 0.05) is 24.8 Å². The number of benzene rings is 1. The third kappa shape index (κ3) is 4.64. The topological polar surface area (TPSA) is 67.2 Å². The normalized spacial score (nSPS) is 15.5. The van der Waals surface area contributed by atoms with Gasteiger partial charge in [0.15, 0.2) is 0 Å². The van der Waals surface area contributed by atoms with E-state index in [4.69, 9.17) is 11.6 Å². The molecule has 0 saturated carbocycles. The van der Waals surface area contributed by atoms with Crippen LogP contribution in [0, 0.1) is 0 Å². The standard InChI is InChI=1S/C19H23ClN4O2/c1-14(19(26)23-9-3-2-4-10-23)22-18(25)16-7-5-15(6-8-16)12-24-13-17(20)11-21-24/h5-8,11,13-14H,2-4,9-10,12H2,1H3,(H,22,25). The van der Waals surface area contributed by atoms with Crippen LogP contribution in [0.2, 0.25) is 5.02 Å². The maximum absolute atomic E-state index is 12.4. The molecule has 1 aromatic heterocycles. The molecule has 0 aliphatic carbocycles. The Morgan fingerprint density at radius 3 is 2.50 bits per heavy atom. The minimum absolute atomic E-state index is 0.00905. The van der Waals surface area contributed by atoms with Crippen LogP contribution in [0.15, 0.2) is 36.7 Å². The summed E-state index contributed by atoms with van der Waals surface area (Å²) in [5.74, 6) is -0.248. The molecule has 2 amide bonds. The molecule has 26 heavy (non-hydrogen) atoms. The average Bonchev–Trinajstić information content (AvgIpc) is 3.07. The molecule has 1 aliphatic rings. The van der Waals surface area contributed by atoms with Gasteiger partial charge in [-0.1, -0.05) is 23.7 Å². The Morgan fingerprint density at radius 1 is 1.19 bits per heavy atom. The van der Waals surface area contributed by atoms with Gasteiger partial charge < -0.3 is 10.2 Å². The maximum Gasteiger partial charge on any atom is 0.251 e. The molecule has 6 nitrogen and oxygen atoms in total. The second kappa shape index (κ2) is 8.36. The summed E-state index contributed by atoms with van der Waals surface area (Å²) in [6.07, 6.45) is 6.58. The average molecular weight is 375 g/mol. The van der Waals surface area contributed by atoms with Crippen molar-refractivity contribution >= 4 is 23.4 Å². The van der Waals surface area contributed by atoms with Crippen molar-refractivity contribution in [1.82, 2.24) is 20.0 Å². The molecule has 0 radical (unpaired) electrons. The monoisotopic (exact) mass is 374 g/mol.